The van der Waals surface area contributed by atoms with E-state index < -0.39 is 0 Å². The molecule has 0 aliphatic heterocycles. The lowest BCUT2D eigenvalue weighted by atomic mass is 9.83. The van der Waals surface area contributed by atoms with Crippen LogP contribution in [0.3, 0.4) is 0 Å². The molecule has 3 unspecified atom stereocenters. The lowest BCUT2D eigenvalue weighted by Crippen LogP contribution is -2.42. The van der Waals surface area contributed by atoms with Crippen molar-refractivity contribution in [2.45, 2.75) is 72.3 Å². The Morgan fingerprint density at radius 3 is 2.67 bits per heavy atom. The zero-order valence-electron chi connectivity index (χ0n) is 13.3. The first kappa shape index (κ1) is 17.6. The fourth-order valence-corrected chi connectivity index (χ4v) is 6.11. The van der Waals surface area contributed by atoms with Gasteiger partial charge < -0.3 is 5.32 Å². The number of hydrogen-bond acceptors (Lipinski definition) is 6. The SMILES string of the molecule is CCCNC1CCC(CCC)CC1Sc1nnc(SC)s1. The number of rotatable bonds is 8. The number of hydrogen-bond donors (Lipinski definition) is 1. The first-order chi connectivity index (χ1) is 10.3. The molecular weight excluding hydrogens is 318 g/mol. The van der Waals surface area contributed by atoms with Crippen LogP contribution in [0, 0.1) is 5.92 Å². The number of thioether (sulfide) groups is 2. The zero-order valence-corrected chi connectivity index (χ0v) is 15.8. The van der Waals surface area contributed by atoms with Crippen LogP contribution in [-0.4, -0.2) is 34.3 Å². The van der Waals surface area contributed by atoms with Crippen molar-refractivity contribution in [1.82, 2.24) is 15.5 Å². The van der Waals surface area contributed by atoms with Crippen molar-refractivity contribution in [3.05, 3.63) is 0 Å². The summed E-state index contributed by atoms with van der Waals surface area (Å²) in [7, 11) is 0. The molecule has 0 radical (unpaired) electrons. The van der Waals surface area contributed by atoms with Crippen LogP contribution in [0.15, 0.2) is 8.68 Å². The lowest BCUT2D eigenvalue weighted by Gasteiger charge is -2.36. The molecule has 6 heteroatoms. The van der Waals surface area contributed by atoms with Gasteiger partial charge in [-0.05, 0) is 44.4 Å². The first-order valence-corrected chi connectivity index (χ1v) is 11.0. The molecule has 3 nitrogen and oxygen atoms in total. The Hall–Kier alpha value is 0.220. The maximum atomic E-state index is 4.35. The highest BCUT2D eigenvalue weighted by molar-refractivity contribution is 8.03. The third-order valence-corrected chi connectivity index (χ3v) is 7.41. The van der Waals surface area contributed by atoms with Crippen molar-refractivity contribution in [1.29, 1.82) is 0 Å². The Bertz CT molecular complexity index is 411. The van der Waals surface area contributed by atoms with Crippen molar-refractivity contribution < 1.29 is 0 Å². The highest BCUT2D eigenvalue weighted by Gasteiger charge is 2.31. The second kappa shape index (κ2) is 9.38. The second-order valence-electron chi connectivity index (χ2n) is 5.72. The Kier molecular flexibility index (Phi) is 7.85. The molecule has 1 heterocycles. The largest absolute Gasteiger partial charge is 0.313 e. The van der Waals surface area contributed by atoms with Crippen LogP contribution < -0.4 is 5.32 Å². The summed E-state index contributed by atoms with van der Waals surface area (Å²) in [5, 5.41) is 13.0. The molecule has 0 amide bonds. The molecule has 0 bridgehead atoms. The van der Waals surface area contributed by atoms with Gasteiger partial charge in [-0.3, -0.25) is 0 Å². The van der Waals surface area contributed by atoms with Gasteiger partial charge in [-0.2, -0.15) is 0 Å². The van der Waals surface area contributed by atoms with Crippen LogP contribution in [0.2, 0.25) is 0 Å². The molecule has 2 rings (SSSR count). The van der Waals surface area contributed by atoms with E-state index in [0.29, 0.717) is 11.3 Å². The van der Waals surface area contributed by atoms with Crippen molar-refractivity contribution in [2.75, 3.05) is 12.8 Å². The third kappa shape index (κ3) is 5.41. The molecule has 120 valence electrons. The van der Waals surface area contributed by atoms with Crippen LogP contribution in [0.1, 0.15) is 52.4 Å². The maximum Gasteiger partial charge on any atom is 0.175 e. The summed E-state index contributed by atoms with van der Waals surface area (Å²) < 4.78 is 2.22. The molecule has 1 saturated carbocycles. The topological polar surface area (TPSA) is 37.8 Å². The highest BCUT2D eigenvalue weighted by atomic mass is 32.2. The Labute approximate surface area is 141 Å². The minimum Gasteiger partial charge on any atom is -0.313 e. The average Bonchev–Trinajstić information content (AvgIpc) is 2.94. The summed E-state index contributed by atoms with van der Waals surface area (Å²) in [6, 6.07) is 0.643. The zero-order chi connectivity index (χ0) is 15.1. The van der Waals surface area contributed by atoms with Crippen LogP contribution in [0.4, 0.5) is 0 Å². The van der Waals surface area contributed by atoms with Crippen molar-refractivity contribution in [2.24, 2.45) is 5.92 Å². The minimum atomic E-state index is 0.643. The molecule has 21 heavy (non-hydrogen) atoms. The van der Waals surface area contributed by atoms with Gasteiger partial charge in [-0.25, -0.2) is 0 Å². The van der Waals surface area contributed by atoms with Crippen molar-refractivity contribution in [3.63, 3.8) is 0 Å². The summed E-state index contributed by atoms with van der Waals surface area (Å²) in [6.07, 6.45) is 10.00. The second-order valence-corrected chi connectivity index (χ2v) is 9.24. The van der Waals surface area contributed by atoms with Crippen LogP contribution in [-0.2, 0) is 0 Å². The van der Waals surface area contributed by atoms with E-state index in [0.717, 1.165) is 21.1 Å². The van der Waals surface area contributed by atoms with Gasteiger partial charge in [-0.1, -0.05) is 61.5 Å². The number of nitrogens with zero attached hydrogens (tertiary/aromatic N) is 2. The van der Waals surface area contributed by atoms with E-state index in [1.807, 2.05) is 11.8 Å². The van der Waals surface area contributed by atoms with Gasteiger partial charge in [0.1, 0.15) is 0 Å². The summed E-state index contributed by atoms with van der Waals surface area (Å²) in [6.45, 7) is 5.68. The normalized spacial score (nSPS) is 26.1. The highest BCUT2D eigenvalue weighted by Crippen LogP contribution is 2.39. The summed E-state index contributed by atoms with van der Waals surface area (Å²) >= 11 is 5.39. The van der Waals surface area contributed by atoms with Gasteiger partial charge >= 0.3 is 0 Å². The van der Waals surface area contributed by atoms with E-state index in [1.165, 1.54) is 38.5 Å². The number of nitrogens with one attached hydrogen (secondary N) is 1. The molecule has 0 aromatic carbocycles. The van der Waals surface area contributed by atoms with E-state index in [-0.39, 0.29) is 0 Å². The monoisotopic (exact) mass is 345 g/mol. The molecule has 1 aliphatic rings. The predicted octanol–water partition coefficient (Wildman–Crippen LogP) is 4.69. The van der Waals surface area contributed by atoms with E-state index >= 15 is 0 Å². The van der Waals surface area contributed by atoms with E-state index in [9.17, 15) is 0 Å². The molecule has 1 aliphatic carbocycles. The average molecular weight is 346 g/mol. The molecule has 1 aromatic heterocycles. The molecule has 0 saturated heterocycles. The fourth-order valence-electron chi connectivity index (χ4n) is 3.03. The Morgan fingerprint density at radius 2 is 2.00 bits per heavy atom. The molecule has 1 aromatic rings. The summed E-state index contributed by atoms with van der Waals surface area (Å²) in [4.78, 5) is 0. The van der Waals surface area contributed by atoms with Crippen molar-refractivity contribution >= 4 is 34.9 Å². The van der Waals surface area contributed by atoms with Gasteiger partial charge in [-0.15, -0.1) is 10.2 Å². The Morgan fingerprint density at radius 1 is 1.19 bits per heavy atom. The minimum absolute atomic E-state index is 0.643. The van der Waals surface area contributed by atoms with Gasteiger partial charge in [0, 0.05) is 11.3 Å². The van der Waals surface area contributed by atoms with Crippen LogP contribution in [0.25, 0.3) is 0 Å². The molecular formula is C15H27N3S3. The van der Waals surface area contributed by atoms with E-state index in [2.05, 4.69) is 35.6 Å². The molecule has 1 fully saturated rings. The fraction of sp³-hybridized carbons (Fsp3) is 0.867. The first-order valence-electron chi connectivity index (χ1n) is 8.04. The van der Waals surface area contributed by atoms with Gasteiger partial charge in [0.15, 0.2) is 8.68 Å². The van der Waals surface area contributed by atoms with Gasteiger partial charge in [0.25, 0.3) is 0 Å². The lowest BCUT2D eigenvalue weighted by molar-refractivity contribution is 0.287. The molecule has 3 atom stereocenters. The van der Waals surface area contributed by atoms with Gasteiger partial charge in [0.2, 0.25) is 0 Å². The smallest absolute Gasteiger partial charge is 0.175 e. The number of aromatic nitrogens is 2. The van der Waals surface area contributed by atoms with Crippen LogP contribution in [0.5, 0.6) is 0 Å². The maximum absolute atomic E-state index is 4.35. The molecule has 0 spiro atoms. The quantitative estimate of drug-likeness (QED) is 0.692. The standard InChI is InChI=1S/C15H27N3S3/c1-4-6-11-7-8-12(16-9-5-2)13(10-11)20-15-18-17-14(19-3)21-15/h11-13,16H,4-10H2,1-3H3. The third-order valence-electron chi connectivity index (χ3n) is 4.07. The van der Waals surface area contributed by atoms with Gasteiger partial charge in [0.05, 0.1) is 0 Å². The molecule has 1 N–H and O–H groups in total. The van der Waals surface area contributed by atoms with E-state index in [4.69, 9.17) is 0 Å². The van der Waals surface area contributed by atoms with E-state index in [1.54, 1.807) is 23.1 Å². The van der Waals surface area contributed by atoms with Crippen molar-refractivity contribution in [3.8, 4) is 0 Å². The predicted molar refractivity (Wildman–Crippen MR) is 95.7 cm³/mol. The summed E-state index contributed by atoms with van der Waals surface area (Å²) in [5.74, 6) is 0.903. The summed E-state index contributed by atoms with van der Waals surface area (Å²) in [5.41, 5.74) is 0. The Balaban J connectivity index is 1.97. The van der Waals surface area contributed by atoms with Crippen LogP contribution >= 0.6 is 34.9 Å².